The number of ether oxygens (including phenoxy) is 1. The second-order valence-corrected chi connectivity index (χ2v) is 7.38. The molecule has 2 atom stereocenters. The molecule has 2 heterocycles. The molecule has 2 unspecified atom stereocenters. The number of benzene rings is 2. The summed E-state index contributed by atoms with van der Waals surface area (Å²) in [5, 5.41) is 2.62. The van der Waals surface area contributed by atoms with Crippen molar-refractivity contribution in [2.75, 3.05) is 12.4 Å². The Balaban J connectivity index is 1.88. The van der Waals surface area contributed by atoms with Gasteiger partial charge in [-0.15, -0.1) is 0 Å². The number of thioether (sulfide) groups is 1. The van der Waals surface area contributed by atoms with Gasteiger partial charge in [-0.05, 0) is 49.3 Å². The molecule has 23 heavy (non-hydrogen) atoms. The van der Waals surface area contributed by atoms with Crippen LogP contribution < -0.4 is 10.5 Å². The zero-order valence-electron chi connectivity index (χ0n) is 13.2. The molecule has 4 rings (SSSR count). The van der Waals surface area contributed by atoms with Crippen molar-refractivity contribution in [3.63, 3.8) is 0 Å². The van der Waals surface area contributed by atoms with Crippen LogP contribution in [0.15, 0.2) is 40.8 Å². The van der Waals surface area contributed by atoms with Crippen LogP contribution in [0.1, 0.15) is 30.6 Å². The fourth-order valence-electron chi connectivity index (χ4n) is 3.35. The lowest BCUT2D eigenvalue weighted by atomic mass is 10.0. The normalized spacial score (nSPS) is 21.8. The molecule has 0 saturated carbocycles. The van der Waals surface area contributed by atoms with Crippen molar-refractivity contribution in [1.29, 1.82) is 0 Å². The number of para-hydroxylation sites is 1. The lowest BCUT2D eigenvalue weighted by Gasteiger charge is -2.26. The maximum Gasteiger partial charge on any atom is 0.139 e. The van der Waals surface area contributed by atoms with Gasteiger partial charge in [-0.2, -0.15) is 11.8 Å². The van der Waals surface area contributed by atoms with Crippen LogP contribution >= 0.6 is 11.8 Å². The molecule has 1 aliphatic heterocycles. The van der Waals surface area contributed by atoms with Gasteiger partial charge in [0.2, 0.25) is 0 Å². The summed E-state index contributed by atoms with van der Waals surface area (Å²) in [6.07, 6.45) is 2.12. The minimum atomic E-state index is 0.295. The molecule has 1 saturated heterocycles. The van der Waals surface area contributed by atoms with Crippen molar-refractivity contribution in [2.45, 2.75) is 31.1 Å². The third kappa shape index (κ3) is 2.70. The smallest absolute Gasteiger partial charge is 0.139 e. The molecule has 4 heteroatoms. The van der Waals surface area contributed by atoms with Crippen LogP contribution in [0.5, 0.6) is 5.75 Å². The molecule has 3 nitrogen and oxygen atoms in total. The van der Waals surface area contributed by atoms with Crippen LogP contribution in [0.2, 0.25) is 0 Å². The van der Waals surface area contributed by atoms with E-state index in [1.54, 1.807) is 0 Å². The average Bonchev–Trinajstić information content (AvgIpc) is 2.93. The van der Waals surface area contributed by atoms with Crippen LogP contribution in [0, 0.1) is 0 Å². The van der Waals surface area contributed by atoms with Crippen LogP contribution in [-0.4, -0.2) is 18.4 Å². The maximum absolute atomic E-state index is 6.17. The quantitative estimate of drug-likeness (QED) is 0.745. The van der Waals surface area contributed by atoms with E-state index in [2.05, 4.69) is 18.2 Å². The largest absolute Gasteiger partial charge is 0.493 e. The summed E-state index contributed by atoms with van der Waals surface area (Å²) in [5.41, 5.74) is 9.25. The summed E-state index contributed by atoms with van der Waals surface area (Å²) in [5.74, 6) is 2.04. The van der Waals surface area contributed by atoms with Crippen molar-refractivity contribution >= 4 is 33.7 Å². The number of furan rings is 1. The molecular formula is C19H21NO2S. The van der Waals surface area contributed by atoms with E-state index in [-0.39, 0.29) is 0 Å². The minimum Gasteiger partial charge on any atom is -0.493 e. The van der Waals surface area contributed by atoms with Gasteiger partial charge >= 0.3 is 0 Å². The van der Waals surface area contributed by atoms with Gasteiger partial charge in [-0.3, -0.25) is 0 Å². The predicted molar refractivity (Wildman–Crippen MR) is 97.3 cm³/mol. The van der Waals surface area contributed by atoms with Gasteiger partial charge in [0.15, 0.2) is 0 Å². The van der Waals surface area contributed by atoms with Gasteiger partial charge in [0.05, 0.1) is 12.0 Å². The standard InChI is InChI=1S/C19H21NO2S/c1-2-21-16-9-12(18-11-13(20)7-8-23-18)10-17-19(16)14-5-3-4-6-15(14)22-17/h3-6,9-10,13,18H,2,7-8,11,20H2,1H3. The first-order valence-electron chi connectivity index (χ1n) is 8.21. The third-order valence-electron chi connectivity index (χ3n) is 4.46. The van der Waals surface area contributed by atoms with E-state index < -0.39 is 0 Å². The third-order valence-corrected chi connectivity index (χ3v) is 5.80. The Morgan fingerprint density at radius 1 is 1.26 bits per heavy atom. The molecule has 0 amide bonds. The Morgan fingerprint density at radius 2 is 2.13 bits per heavy atom. The molecule has 1 fully saturated rings. The van der Waals surface area contributed by atoms with Crippen molar-refractivity contribution < 1.29 is 9.15 Å². The second-order valence-electron chi connectivity index (χ2n) is 6.07. The Morgan fingerprint density at radius 3 is 2.96 bits per heavy atom. The first-order chi connectivity index (χ1) is 11.3. The van der Waals surface area contributed by atoms with Gasteiger partial charge in [0.1, 0.15) is 16.9 Å². The molecule has 1 aliphatic rings. The summed E-state index contributed by atoms with van der Waals surface area (Å²) >= 11 is 1.99. The van der Waals surface area contributed by atoms with Crippen molar-refractivity contribution in [3.8, 4) is 5.75 Å². The number of nitrogens with two attached hydrogens (primary N) is 1. The molecule has 1 aromatic heterocycles. The topological polar surface area (TPSA) is 48.4 Å². The molecule has 0 spiro atoms. The van der Waals surface area contributed by atoms with E-state index in [9.17, 15) is 0 Å². The highest BCUT2D eigenvalue weighted by Gasteiger charge is 2.24. The zero-order chi connectivity index (χ0) is 15.8. The lowest BCUT2D eigenvalue weighted by Crippen LogP contribution is -2.26. The zero-order valence-corrected chi connectivity index (χ0v) is 14.1. The minimum absolute atomic E-state index is 0.295. The maximum atomic E-state index is 6.17. The van der Waals surface area contributed by atoms with Gasteiger partial charge in [0, 0.05) is 16.7 Å². The van der Waals surface area contributed by atoms with E-state index in [0.717, 1.165) is 46.3 Å². The molecule has 2 aromatic carbocycles. The van der Waals surface area contributed by atoms with Crippen LogP contribution in [0.3, 0.4) is 0 Å². The predicted octanol–water partition coefficient (Wildman–Crippen LogP) is 4.88. The first-order valence-corrected chi connectivity index (χ1v) is 9.26. The highest BCUT2D eigenvalue weighted by Crippen LogP contribution is 2.43. The van der Waals surface area contributed by atoms with E-state index in [1.807, 2.05) is 36.9 Å². The number of fused-ring (bicyclic) bond motifs is 3. The van der Waals surface area contributed by atoms with E-state index in [0.29, 0.717) is 17.9 Å². The number of hydrogen-bond acceptors (Lipinski definition) is 4. The average molecular weight is 327 g/mol. The Hall–Kier alpha value is -1.65. The van der Waals surface area contributed by atoms with Crippen LogP contribution in [0.25, 0.3) is 21.9 Å². The Kier molecular flexibility index (Phi) is 3.95. The summed E-state index contributed by atoms with van der Waals surface area (Å²) in [4.78, 5) is 0. The lowest BCUT2D eigenvalue weighted by molar-refractivity contribution is 0.344. The van der Waals surface area contributed by atoms with Crippen molar-refractivity contribution in [1.82, 2.24) is 0 Å². The molecule has 0 aliphatic carbocycles. The van der Waals surface area contributed by atoms with E-state index in [4.69, 9.17) is 14.9 Å². The van der Waals surface area contributed by atoms with Gasteiger partial charge in [-0.25, -0.2) is 0 Å². The molecule has 2 N–H and O–H groups in total. The Labute approximate surface area is 140 Å². The fraction of sp³-hybridized carbons (Fsp3) is 0.368. The highest BCUT2D eigenvalue weighted by molar-refractivity contribution is 7.99. The first kappa shape index (κ1) is 14.9. The molecule has 0 bridgehead atoms. The van der Waals surface area contributed by atoms with Gasteiger partial charge in [0.25, 0.3) is 0 Å². The van der Waals surface area contributed by atoms with E-state index >= 15 is 0 Å². The van der Waals surface area contributed by atoms with E-state index in [1.165, 1.54) is 5.56 Å². The molecule has 0 radical (unpaired) electrons. The summed E-state index contributed by atoms with van der Waals surface area (Å²) in [6.45, 7) is 2.67. The highest BCUT2D eigenvalue weighted by atomic mass is 32.2. The fourth-order valence-corrected chi connectivity index (χ4v) is 4.78. The van der Waals surface area contributed by atoms with Crippen molar-refractivity contribution in [2.24, 2.45) is 5.73 Å². The van der Waals surface area contributed by atoms with Gasteiger partial charge in [-0.1, -0.05) is 18.2 Å². The number of hydrogen-bond donors (Lipinski definition) is 1. The molecule has 3 aromatic rings. The van der Waals surface area contributed by atoms with Crippen molar-refractivity contribution in [3.05, 3.63) is 42.0 Å². The SMILES string of the molecule is CCOc1cc(C2CC(N)CCS2)cc2oc3ccccc3c12. The Bertz CT molecular complexity index is 842. The molecular weight excluding hydrogens is 306 g/mol. The number of rotatable bonds is 3. The summed E-state index contributed by atoms with van der Waals surface area (Å²) in [7, 11) is 0. The molecule has 120 valence electrons. The van der Waals surface area contributed by atoms with Crippen LogP contribution in [0.4, 0.5) is 0 Å². The van der Waals surface area contributed by atoms with Crippen LogP contribution in [-0.2, 0) is 0 Å². The summed E-state index contributed by atoms with van der Waals surface area (Å²) < 4.78 is 12.0. The monoisotopic (exact) mass is 327 g/mol. The summed E-state index contributed by atoms with van der Waals surface area (Å²) in [6, 6.07) is 12.8. The van der Waals surface area contributed by atoms with Gasteiger partial charge < -0.3 is 14.9 Å². The second kappa shape index (κ2) is 6.10.